The van der Waals surface area contributed by atoms with Crippen LogP contribution in [0.1, 0.15) is 87.0 Å². The summed E-state index contributed by atoms with van der Waals surface area (Å²) in [6, 6.07) is 23.5. The molecule has 2 aliphatic rings. The number of aromatic amines is 1. The molecule has 49 heavy (non-hydrogen) atoms. The van der Waals surface area contributed by atoms with E-state index in [1.807, 2.05) is 77.4 Å². The van der Waals surface area contributed by atoms with Crippen molar-refractivity contribution in [3.05, 3.63) is 100.0 Å². The van der Waals surface area contributed by atoms with Crippen LogP contribution in [0.5, 0.6) is 0 Å². The van der Waals surface area contributed by atoms with E-state index in [0.29, 0.717) is 25.1 Å². The molecule has 6 rings (SSSR count). The van der Waals surface area contributed by atoms with Crippen LogP contribution in [0, 0.1) is 0 Å². The van der Waals surface area contributed by atoms with Gasteiger partial charge in [-0.1, -0.05) is 55.0 Å². The quantitative estimate of drug-likeness (QED) is 0.141. The molecule has 3 atom stereocenters. The van der Waals surface area contributed by atoms with Gasteiger partial charge < -0.3 is 35.1 Å². The monoisotopic (exact) mass is 669 g/mol. The molecule has 3 unspecified atom stereocenters. The molecular weight excluding hydrogens is 622 g/mol. The molecule has 4 N–H and O–H groups in total. The highest BCUT2D eigenvalue weighted by atomic mass is 16.7. The highest BCUT2D eigenvalue weighted by Gasteiger charge is 2.34. The molecule has 0 spiro atoms. The normalized spacial score (nSPS) is 20.3. The predicted molar refractivity (Wildman–Crippen MR) is 188 cm³/mol. The number of carbonyl (C=O) groups is 2. The van der Waals surface area contributed by atoms with Crippen LogP contribution in [0.25, 0.3) is 11.0 Å². The van der Waals surface area contributed by atoms with Crippen molar-refractivity contribution in [1.82, 2.24) is 19.8 Å². The topological polar surface area (TPSA) is 138 Å². The Balaban J connectivity index is 1.10. The number of carbonyl (C=O) groups excluding carboxylic acids is 2. The number of amides is 2. The van der Waals surface area contributed by atoms with Gasteiger partial charge >= 0.3 is 5.69 Å². The van der Waals surface area contributed by atoms with E-state index in [-0.39, 0.29) is 42.4 Å². The number of piperidine rings is 1. The zero-order valence-corrected chi connectivity index (χ0v) is 28.1. The standard InChI is InChI=1S/C38H47N5O6/c1-26(45)39-19-6-2-3-12-36(46)40-30-9-7-8-29(22-30)37-48-32(23-35(49-37)28-15-13-27(25-44)14-16-28)24-42-20-17-31(18-21-42)43-34-11-5-4-10-33(34)41-38(43)47/h4-5,7-11,13-16,22,31-32,35,37,44H,2-3,6,12,17-21,23-25H2,1H3,(H,39,45)(H,40,46)(H,41,47). The molecule has 11 heteroatoms. The molecule has 2 saturated heterocycles. The summed E-state index contributed by atoms with van der Waals surface area (Å²) >= 11 is 0. The molecule has 3 aromatic carbocycles. The van der Waals surface area contributed by atoms with E-state index in [2.05, 4.69) is 20.5 Å². The van der Waals surface area contributed by atoms with Crippen molar-refractivity contribution >= 4 is 28.5 Å². The first-order valence-corrected chi connectivity index (χ1v) is 17.4. The second-order valence-electron chi connectivity index (χ2n) is 13.2. The number of unbranched alkanes of at least 4 members (excludes halogenated alkanes) is 2. The number of aliphatic hydroxyl groups excluding tert-OH is 1. The lowest BCUT2D eigenvalue weighted by atomic mass is 9.98. The van der Waals surface area contributed by atoms with Crippen molar-refractivity contribution in [3.8, 4) is 0 Å². The van der Waals surface area contributed by atoms with Crippen LogP contribution in [0.15, 0.2) is 77.6 Å². The minimum absolute atomic E-state index is 0.0175. The van der Waals surface area contributed by atoms with E-state index in [9.17, 15) is 19.5 Å². The Hall–Kier alpha value is -4.29. The summed E-state index contributed by atoms with van der Waals surface area (Å²) in [5.41, 5.74) is 5.15. The third-order valence-corrected chi connectivity index (χ3v) is 9.52. The van der Waals surface area contributed by atoms with Crippen LogP contribution >= 0.6 is 0 Å². The van der Waals surface area contributed by atoms with Crippen LogP contribution in [-0.2, 0) is 25.7 Å². The average molecular weight is 670 g/mol. The van der Waals surface area contributed by atoms with Crippen molar-refractivity contribution in [2.75, 3.05) is 31.5 Å². The highest BCUT2D eigenvalue weighted by Crippen LogP contribution is 2.39. The highest BCUT2D eigenvalue weighted by molar-refractivity contribution is 5.90. The summed E-state index contributed by atoms with van der Waals surface area (Å²) in [5, 5.41) is 15.4. The van der Waals surface area contributed by atoms with Gasteiger partial charge in [0.1, 0.15) is 0 Å². The third-order valence-electron chi connectivity index (χ3n) is 9.52. The number of rotatable bonds is 13. The number of fused-ring (bicyclic) bond motifs is 1. The minimum Gasteiger partial charge on any atom is -0.392 e. The fourth-order valence-electron chi connectivity index (χ4n) is 6.96. The first kappa shape index (κ1) is 34.6. The second-order valence-corrected chi connectivity index (χ2v) is 13.2. The summed E-state index contributed by atoms with van der Waals surface area (Å²) in [6.45, 7) is 4.55. The molecule has 260 valence electrons. The molecular formula is C38H47N5O6. The molecule has 0 radical (unpaired) electrons. The molecule has 11 nitrogen and oxygen atoms in total. The lowest BCUT2D eigenvalue weighted by Gasteiger charge is -2.40. The summed E-state index contributed by atoms with van der Waals surface area (Å²) in [4.78, 5) is 42.0. The van der Waals surface area contributed by atoms with Crippen molar-refractivity contribution < 1.29 is 24.2 Å². The van der Waals surface area contributed by atoms with Gasteiger partial charge in [-0.15, -0.1) is 0 Å². The maximum Gasteiger partial charge on any atom is 0.326 e. The Bertz CT molecular complexity index is 1760. The number of aromatic nitrogens is 2. The number of hydrogen-bond acceptors (Lipinski definition) is 7. The number of imidazole rings is 1. The number of aliphatic hydroxyl groups is 1. The molecule has 1 aromatic heterocycles. The van der Waals surface area contributed by atoms with Crippen molar-refractivity contribution in [1.29, 1.82) is 0 Å². The van der Waals surface area contributed by atoms with E-state index in [1.165, 1.54) is 6.92 Å². The number of benzene rings is 3. The number of para-hydroxylation sites is 2. The minimum atomic E-state index is -0.630. The summed E-state index contributed by atoms with van der Waals surface area (Å²) in [5.74, 6) is -0.0954. The SMILES string of the molecule is CC(=O)NCCCCCC(=O)Nc1cccc(C2OC(CN3CCC(n4c(=O)[nH]c5ccccc54)CC3)CC(c3ccc(CO)cc3)O2)c1. The molecule has 0 aliphatic carbocycles. The first-order valence-electron chi connectivity index (χ1n) is 17.4. The lowest BCUT2D eigenvalue weighted by Crippen LogP contribution is -2.43. The Morgan fingerprint density at radius 2 is 1.73 bits per heavy atom. The number of hydrogen-bond donors (Lipinski definition) is 4. The van der Waals surface area contributed by atoms with Crippen LogP contribution in [0.3, 0.4) is 0 Å². The molecule has 0 saturated carbocycles. The molecule has 2 fully saturated rings. The molecule has 2 aliphatic heterocycles. The number of nitrogens with one attached hydrogen (secondary N) is 3. The van der Waals surface area contributed by atoms with Gasteiger partial charge in [-0.25, -0.2) is 4.79 Å². The lowest BCUT2D eigenvalue weighted by molar-refractivity contribution is -0.253. The number of anilines is 1. The maximum atomic E-state index is 12.8. The molecule has 4 aromatic rings. The van der Waals surface area contributed by atoms with Gasteiger partial charge in [0.25, 0.3) is 0 Å². The van der Waals surface area contributed by atoms with E-state index < -0.39 is 6.29 Å². The van der Waals surface area contributed by atoms with Crippen molar-refractivity contribution in [3.63, 3.8) is 0 Å². The van der Waals surface area contributed by atoms with E-state index >= 15 is 0 Å². The zero-order valence-electron chi connectivity index (χ0n) is 28.1. The maximum absolute atomic E-state index is 12.8. The second kappa shape index (κ2) is 16.4. The van der Waals surface area contributed by atoms with Crippen LogP contribution in [0.4, 0.5) is 5.69 Å². The van der Waals surface area contributed by atoms with Gasteiger partial charge in [-0.05, 0) is 61.1 Å². The summed E-state index contributed by atoms with van der Waals surface area (Å²) < 4.78 is 15.1. The number of ether oxygens (including phenoxy) is 2. The van der Waals surface area contributed by atoms with Gasteiger partial charge in [-0.3, -0.25) is 14.2 Å². The zero-order chi connectivity index (χ0) is 34.2. The Labute approximate surface area is 286 Å². The number of likely N-dealkylation sites (tertiary alicyclic amines) is 1. The summed E-state index contributed by atoms with van der Waals surface area (Å²) in [6.07, 6.45) is 4.32. The van der Waals surface area contributed by atoms with E-state index in [0.717, 1.165) is 79.5 Å². The Kier molecular flexibility index (Phi) is 11.6. The predicted octanol–water partition coefficient (Wildman–Crippen LogP) is 5.34. The van der Waals surface area contributed by atoms with Crippen LogP contribution < -0.4 is 16.3 Å². The summed E-state index contributed by atoms with van der Waals surface area (Å²) in [7, 11) is 0. The van der Waals surface area contributed by atoms with E-state index in [1.54, 1.807) is 0 Å². The van der Waals surface area contributed by atoms with Crippen LogP contribution in [0.2, 0.25) is 0 Å². The van der Waals surface area contributed by atoms with Crippen molar-refractivity contribution in [2.24, 2.45) is 0 Å². The van der Waals surface area contributed by atoms with Gasteiger partial charge in [0.15, 0.2) is 6.29 Å². The van der Waals surface area contributed by atoms with E-state index in [4.69, 9.17) is 9.47 Å². The van der Waals surface area contributed by atoms with Crippen LogP contribution in [-0.4, -0.2) is 63.7 Å². The molecule has 3 heterocycles. The largest absolute Gasteiger partial charge is 0.392 e. The van der Waals surface area contributed by atoms with Crippen molar-refractivity contribution in [2.45, 2.75) is 83.0 Å². The van der Waals surface area contributed by atoms with Gasteiger partial charge in [0.2, 0.25) is 11.8 Å². The molecule has 2 amide bonds. The first-order chi connectivity index (χ1) is 23.9. The smallest absolute Gasteiger partial charge is 0.326 e. The third kappa shape index (κ3) is 9.04. The fraction of sp³-hybridized carbons (Fsp3) is 0.447. The fourth-order valence-corrected chi connectivity index (χ4v) is 6.96. The van der Waals surface area contributed by atoms with Gasteiger partial charge in [0.05, 0.1) is 29.8 Å². The van der Waals surface area contributed by atoms with Gasteiger partial charge in [0, 0.05) is 63.2 Å². The average Bonchev–Trinajstić information content (AvgIpc) is 3.45. The Morgan fingerprint density at radius 1 is 0.939 bits per heavy atom. The van der Waals surface area contributed by atoms with Gasteiger partial charge in [-0.2, -0.15) is 0 Å². The number of nitrogens with zero attached hydrogens (tertiary/aromatic N) is 2. The number of H-pyrrole nitrogens is 1. The Morgan fingerprint density at radius 3 is 2.51 bits per heavy atom. The molecule has 0 bridgehead atoms.